The highest BCUT2D eigenvalue weighted by atomic mass is 79.9. The summed E-state index contributed by atoms with van der Waals surface area (Å²) < 4.78 is 0.955. The van der Waals surface area contributed by atoms with E-state index in [-0.39, 0.29) is 11.8 Å². The van der Waals surface area contributed by atoms with E-state index in [0.29, 0.717) is 12.1 Å². The van der Waals surface area contributed by atoms with Crippen molar-refractivity contribution in [2.24, 2.45) is 0 Å². The molecule has 0 radical (unpaired) electrons. The van der Waals surface area contributed by atoms with Crippen LogP contribution < -0.4 is 10.2 Å². The highest BCUT2D eigenvalue weighted by Crippen LogP contribution is 2.23. The molecule has 128 valence electrons. The van der Waals surface area contributed by atoms with Gasteiger partial charge < -0.3 is 10.2 Å². The summed E-state index contributed by atoms with van der Waals surface area (Å²) >= 11 is 3.49. The van der Waals surface area contributed by atoms with Crippen LogP contribution in [0, 0.1) is 6.92 Å². The number of halogens is 1. The minimum absolute atomic E-state index is 0.156. The van der Waals surface area contributed by atoms with Crippen LogP contribution in [0.4, 0.5) is 11.4 Å². The highest BCUT2D eigenvalue weighted by Gasteiger charge is 2.21. The second-order valence-electron chi connectivity index (χ2n) is 6.04. The van der Waals surface area contributed by atoms with Gasteiger partial charge in [0, 0.05) is 34.9 Å². The predicted octanol–water partition coefficient (Wildman–Crippen LogP) is 4.54. The second-order valence-corrected chi connectivity index (χ2v) is 6.90. The molecular formula is C20H19BrN2O2. The van der Waals surface area contributed by atoms with Crippen molar-refractivity contribution in [3.63, 3.8) is 0 Å². The van der Waals surface area contributed by atoms with Gasteiger partial charge in [0.15, 0.2) is 0 Å². The Balaban J connectivity index is 1.62. The number of carbonyl (C=O) groups is 2. The van der Waals surface area contributed by atoms with E-state index < -0.39 is 0 Å². The summed E-state index contributed by atoms with van der Waals surface area (Å²) in [4.78, 5) is 25.6. The third kappa shape index (κ3) is 4.37. The molecule has 5 heteroatoms. The molecule has 1 saturated heterocycles. The lowest BCUT2D eigenvalue weighted by atomic mass is 10.1. The first-order valence-corrected chi connectivity index (χ1v) is 8.98. The smallest absolute Gasteiger partial charge is 0.248 e. The third-order valence-electron chi connectivity index (χ3n) is 4.09. The molecule has 1 heterocycles. The molecule has 0 aromatic heterocycles. The molecule has 2 aromatic rings. The number of aryl methyl sites for hydroxylation is 1. The van der Waals surface area contributed by atoms with Gasteiger partial charge in [-0.15, -0.1) is 0 Å². The van der Waals surface area contributed by atoms with Gasteiger partial charge in [0.05, 0.1) is 0 Å². The normalized spacial score (nSPS) is 14.3. The first kappa shape index (κ1) is 17.4. The quantitative estimate of drug-likeness (QED) is 0.768. The minimum Gasteiger partial charge on any atom is -0.323 e. The summed E-state index contributed by atoms with van der Waals surface area (Å²) in [5.41, 5.74) is 3.68. The number of amides is 2. The van der Waals surface area contributed by atoms with E-state index in [1.807, 2.05) is 49.4 Å². The Morgan fingerprint density at radius 2 is 1.96 bits per heavy atom. The predicted molar refractivity (Wildman–Crippen MR) is 105 cm³/mol. The SMILES string of the molecule is Cc1ccc(/C=C/C(=O)Nc2ccc(N3CCCC3=O)cc2)c(Br)c1. The average molecular weight is 399 g/mol. The van der Waals surface area contributed by atoms with Crippen LogP contribution in [0.5, 0.6) is 0 Å². The molecule has 1 aliphatic heterocycles. The molecule has 0 atom stereocenters. The molecule has 3 rings (SSSR count). The maximum Gasteiger partial charge on any atom is 0.248 e. The molecular weight excluding hydrogens is 380 g/mol. The molecule has 2 aromatic carbocycles. The van der Waals surface area contributed by atoms with Crippen LogP contribution in [0.3, 0.4) is 0 Å². The number of benzene rings is 2. The summed E-state index contributed by atoms with van der Waals surface area (Å²) in [5.74, 6) is -0.0409. The minimum atomic E-state index is -0.197. The van der Waals surface area contributed by atoms with Crippen molar-refractivity contribution in [1.82, 2.24) is 0 Å². The molecule has 0 spiro atoms. The van der Waals surface area contributed by atoms with Crippen LogP contribution in [-0.4, -0.2) is 18.4 Å². The monoisotopic (exact) mass is 398 g/mol. The van der Waals surface area contributed by atoms with Crippen LogP contribution in [0.2, 0.25) is 0 Å². The zero-order valence-electron chi connectivity index (χ0n) is 14.0. The van der Waals surface area contributed by atoms with Crippen molar-refractivity contribution in [3.8, 4) is 0 Å². The van der Waals surface area contributed by atoms with Gasteiger partial charge in [-0.05, 0) is 60.9 Å². The first-order valence-electron chi connectivity index (χ1n) is 8.18. The lowest BCUT2D eigenvalue weighted by molar-refractivity contribution is -0.117. The van der Waals surface area contributed by atoms with E-state index >= 15 is 0 Å². The molecule has 0 aliphatic carbocycles. The third-order valence-corrected chi connectivity index (χ3v) is 4.78. The van der Waals surface area contributed by atoms with Gasteiger partial charge in [-0.25, -0.2) is 0 Å². The fourth-order valence-corrected chi connectivity index (χ4v) is 3.39. The van der Waals surface area contributed by atoms with E-state index in [9.17, 15) is 9.59 Å². The van der Waals surface area contributed by atoms with Crippen molar-refractivity contribution in [2.75, 3.05) is 16.8 Å². The maximum atomic E-state index is 12.1. The second kappa shape index (κ2) is 7.66. The Morgan fingerprint density at radius 1 is 1.20 bits per heavy atom. The van der Waals surface area contributed by atoms with Crippen LogP contribution >= 0.6 is 15.9 Å². The summed E-state index contributed by atoms with van der Waals surface area (Å²) in [6.07, 6.45) is 4.79. The molecule has 4 nitrogen and oxygen atoms in total. The van der Waals surface area contributed by atoms with Gasteiger partial charge >= 0.3 is 0 Å². The topological polar surface area (TPSA) is 49.4 Å². The molecule has 1 N–H and O–H groups in total. The molecule has 0 unspecified atom stereocenters. The number of nitrogens with zero attached hydrogens (tertiary/aromatic N) is 1. The van der Waals surface area contributed by atoms with Crippen molar-refractivity contribution in [3.05, 3.63) is 64.1 Å². The van der Waals surface area contributed by atoms with Crippen LogP contribution in [-0.2, 0) is 9.59 Å². The Labute approximate surface area is 155 Å². The fraction of sp³-hybridized carbons (Fsp3) is 0.200. The van der Waals surface area contributed by atoms with Gasteiger partial charge in [-0.2, -0.15) is 0 Å². The fourth-order valence-electron chi connectivity index (χ4n) is 2.76. The molecule has 25 heavy (non-hydrogen) atoms. The molecule has 2 amide bonds. The summed E-state index contributed by atoms with van der Waals surface area (Å²) in [7, 11) is 0. The Kier molecular flexibility index (Phi) is 5.34. The lowest BCUT2D eigenvalue weighted by Gasteiger charge is -2.15. The largest absolute Gasteiger partial charge is 0.323 e. The van der Waals surface area contributed by atoms with Crippen molar-refractivity contribution >= 4 is 45.2 Å². The van der Waals surface area contributed by atoms with Gasteiger partial charge in [-0.1, -0.05) is 28.1 Å². The van der Waals surface area contributed by atoms with Gasteiger partial charge in [0.1, 0.15) is 0 Å². The van der Waals surface area contributed by atoms with Crippen LogP contribution in [0.15, 0.2) is 53.0 Å². The summed E-state index contributed by atoms with van der Waals surface area (Å²) in [5, 5.41) is 2.83. The Hall–Kier alpha value is -2.40. The molecule has 0 bridgehead atoms. The van der Waals surface area contributed by atoms with Crippen molar-refractivity contribution in [1.29, 1.82) is 0 Å². The van der Waals surface area contributed by atoms with E-state index in [2.05, 4.69) is 21.2 Å². The van der Waals surface area contributed by atoms with Gasteiger partial charge in [0.2, 0.25) is 11.8 Å². The summed E-state index contributed by atoms with van der Waals surface area (Å²) in [6.45, 7) is 2.78. The van der Waals surface area contributed by atoms with Crippen LogP contribution in [0.1, 0.15) is 24.0 Å². The number of hydrogen-bond donors (Lipinski definition) is 1. The molecule has 1 fully saturated rings. The zero-order valence-corrected chi connectivity index (χ0v) is 15.5. The highest BCUT2D eigenvalue weighted by molar-refractivity contribution is 9.10. The zero-order chi connectivity index (χ0) is 17.8. The number of carbonyl (C=O) groups excluding carboxylic acids is 2. The van der Waals surface area contributed by atoms with Crippen LogP contribution in [0.25, 0.3) is 6.08 Å². The van der Waals surface area contributed by atoms with Crippen molar-refractivity contribution < 1.29 is 9.59 Å². The standard InChI is InChI=1S/C20H19BrN2O2/c1-14-4-5-15(18(21)13-14)6-11-19(24)22-16-7-9-17(10-8-16)23-12-2-3-20(23)25/h4-11,13H,2-3,12H2,1H3,(H,22,24)/b11-6+. The van der Waals surface area contributed by atoms with E-state index in [1.54, 1.807) is 11.0 Å². The average Bonchev–Trinajstić information content (AvgIpc) is 3.01. The number of rotatable bonds is 4. The maximum absolute atomic E-state index is 12.1. The van der Waals surface area contributed by atoms with E-state index in [1.165, 1.54) is 6.08 Å². The summed E-state index contributed by atoms with van der Waals surface area (Å²) in [6, 6.07) is 13.3. The van der Waals surface area contributed by atoms with E-state index in [0.717, 1.165) is 34.3 Å². The number of nitrogens with one attached hydrogen (secondary N) is 1. The molecule has 1 aliphatic rings. The molecule has 0 saturated carbocycles. The Morgan fingerprint density at radius 3 is 2.60 bits per heavy atom. The first-order chi connectivity index (χ1) is 12.0. The van der Waals surface area contributed by atoms with Crippen molar-refractivity contribution in [2.45, 2.75) is 19.8 Å². The number of anilines is 2. The lowest BCUT2D eigenvalue weighted by Crippen LogP contribution is -2.23. The van der Waals surface area contributed by atoms with E-state index in [4.69, 9.17) is 0 Å². The van der Waals surface area contributed by atoms with Gasteiger partial charge in [-0.3, -0.25) is 9.59 Å². The van der Waals surface area contributed by atoms with Gasteiger partial charge in [0.25, 0.3) is 0 Å². The number of hydrogen-bond acceptors (Lipinski definition) is 2. The Bertz CT molecular complexity index is 828.